The van der Waals surface area contributed by atoms with Crippen LogP contribution in [-0.2, 0) is 4.79 Å². The molecule has 0 aliphatic carbocycles. The highest BCUT2D eigenvalue weighted by molar-refractivity contribution is 5.66. The van der Waals surface area contributed by atoms with Gasteiger partial charge in [-0.05, 0) is 0 Å². The van der Waals surface area contributed by atoms with Crippen LogP contribution in [0.3, 0.4) is 0 Å². The van der Waals surface area contributed by atoms with E-state index in [0.717, 1.165) is 0 Å². The van der Waals surface area contributed by atoms with Crippen LogP contribution in [0.15, 0.2) is 0 Å². The molecular formula is C5H12N2O2. The molecule has 0 aromatic rings. The number of aliphatic carboxylic acids is 1. The SMILES string of the molecule is CCN(N)CCC(=O)O. The van der Waals surface area contributed by atoms with Crippen LogP contribution in [0.1, 0.15) is 13.3 Å². The lowest BCUT2D eigenvalue weighted by Crippen LogP contribution is -2.32. The first kappa shape index (κ1) is 8.39. The molecule has 0 saturated carbocycles. The Kier molecular flexibility index (Phi) is 4.00. The summed E-state index contributed by atoms with van der Waals surface area (Å²) in [5.41, 5.74) is 0. The Balaban J connectivity index is 3.16. The molecule has 0 heterocycles. The number of nitrogens with two attached hydrogens (primary N) is 1. The quantitative estimate of drug-likeness (QED) is 0.405. The molecule has 0 atom stereocenters. The topological polar surface area (TPSA) is 66.6 Å². The number of hydrogen-bond donors (Lipinski definition) is 2. The van der Waals surface area contributed by atoms with Crippen molar-refractivity contribution >= 4 is 5.97 Å². The predicted molar refractivity (Wildman–Crippen MR) is 33.7 cm³/mol. The molecule has 0 bridgehead atoms. The van der Waals surface area contributed by atoms with E-state index in [-0.39, 0.29) is 6.42 Å². The van der Waals surface area contributed by atoms with E-state index in [2.05, 4.69) is 0 Å². The van der Waals surface area contributed by atoms with E-state index < -0.39 is 5.97 Å². The van der Waals surface area contributed by atoms with Crippen molar-refractivity contribution in [2.75, 3.05) is 13.1 Å². The third-order valence-electron chi connectivity index (χ3n) is 1.02. The number of hydrogen-bond acceptors (Lipinski definition) is 3. The average Bonchev–Trinajstić information content (AvgIpc) is 1.83. The lowest BCUT2D eigenvalue weighted by molar-refractivity contribution is -0.137. The molecule has 0 unspecified atom stereocenters. The van der Waals surface area contributed by atoms with Gasteiger partial charge in [0.1, 0.15) is 0 Å². The van der Waals surface area contributed by atoms with Crippen LogP contribution < -0.4 is 5.84 Å². The fraction of sp³-hybridized carbons (Fsp3) is 0.800. The summed E-state index contributed by atoms with van der Waals surface area (Å²) >= 11 is 0. The Morgan fingerprint density at radius 2 is 2.33 bits per heavy atom. The third kappa shape index (κ3) is 5.26. The van der Waals surface area contributed by atoms with Gasteiger partial charge in [-0.15, -0.1) is 0 Å². The molecule has 0 spiro atoms. The van der Waals surface area contributed by atoms with Crippen LogP contribution in [0.5, 0.6) is 0 Å². The number of hydrazine groups is 1. The number of carboxylic acid groups (broad SMARTS) is 1. The lowest BCUT2D eigenvalue weighted by atomic mass is 10.4. The highest BCUT2D eigenvalue weighted by Crippen LogP contribution is 1.81. The molecule has 0 aliphatic heterocycles. The van der Waals surface area contributed by atoms with Crippen LogP contribution in [-0.4, -0.2) is 29.2 Å². The molecule has 4 nitrogen and oxygen atoms in total. The molecule has 0 aromatic heterocycles. The van der Waals surface area contributed by atoms with Crippen LogP contribution in [0.4, 0.5) is 0 Å². The molecule has 54 valence electrons. The largest absolute Gasteiger partial charge is 0.481 e. The molecule has 0 aromatic carbocycles. The van der Waals surface area contributed by atoms with Crippen LogP contribution in [0.25, 0.3) is 0 Å². The maximum Gasteiger partial charge on any atom is 0.304 e. The first-order chi connectivity index (χ1) is 4.16. The van der Waals surface area contributed by atoms with Gasteiger partial charge >= 0.3 is 5.97 Å². The smallest absolute Gasteiger partial charge is 0.304 e. The van der Waals surface area contributed by atoms with Gasteiger partial charge in [-0.25, -0.2) is 5.01 Å². The molecule has 3 N–H and O–H groups in total. The van der Waals surface area contributed by atoms with Crippen molar-refractivity contribution in [3.63, 3.8) is 0 Å². The molecule has 9 heavy (non-hydrogen) atoms. The van der Waals surface area contributed by atoms with Crippen molar-refractivity contribution in [3.8, 4) is 0 Å². The summed E-state index contributed by atoms with van der Waals surface area (Å²) in [5.74, 6) is 4.48. The zero-order chi connectivity index (χ0) is 7.28. The van der Waals surface area contributed by atoms with Crippen molar-refractivity contribution in [2.24, 2.45) is 5.84 Å². The van der Waals surface area contributed by atoms with Gasteiger partial charge < -0.3 is 5.11 Å². The second-order valence-corrected chi connectivity index (χ2v) is 1.77. The summed E-state index contributed by atoms with van der Waals surface area (Å²) in [4.78, 5) is 9.94. The van der Waals surface area contributed by atoms with Gasteiger partial charge in [-0.3, -0.25) is 10.6 Å². The van der Waals surface area contributed by atoms with Crippen LogP contribution in [0, 0.1) is 0 Å². The van der Waals surface area contributed by atoms with E-state index in [1.54, 1.807) is 0 Å². The highest BCUT2D eigenvalue weighted by Gasteiger charge is 1.98. The Hall–Kier alpha value is -0.610. The molecule has 0 saturated heterocycles. The van der Waals surface area contributed by atoms with Gasteiger partial charge in [0.25, 0.3) is 0 Å². The van der Waals surface area contributed by atoms with Crippen LogP contribution in [0.2, 0.25) is 0 Å². The number of rotatable bonds is 4. The minimum Gasteiger partial charge on any atom is -0.481 e. The summed E-state index contributed by atoms with van der Waals surface area (Å²) in [6.07, 6.45) is 0.115. The highest BCUT2D eigenvalue weighted by atomic mass is 16.4. The van der Waals surface area contributed by atoms with E-state index in [1.807, 2.05) is 6.92 Å². The monoisotopic (exact) mass is 132 g/mol. The maximum atomic E-state index is 9.94. The molecule has 4 heteroatoms. The van der Waals surface area contributed by atoms with Gasteiger partial charge in [0.05, 0.1) is 6.42 Å². The zero-order valence-electron chi connectivity index (χ0n) is 5.50. The fourth-order valence-corrected chi connectivity index (χ4v) is 0.397. The van der Waals surface area contributed by atoms with Crippen LogP contribution >= 0.6 is 0 Å². The summed E-state index contributed by atoms with van der Waals surface area (Å²) in [7, 11) is 0. The van der Waals surface area contributed by atoms with E-state index in [1.165, 1.54) is 5.01 Å². The van der Waals surface area contributed by atoms with Crippen molar-refractivity contribution in [1.82, 2.24) is 5.01 Å². The predicted octanol–water partition coefficient (Wildman–Crippen LogP) is -0.343. The van der Waals surface area contributed by atoms with Gasteiger partial charge in [0.15, 0.2) is 0 Å². The second kappa shape index (κ2) is 4.29. The minimum absolute atomic E-state index is 0.115. The van der Waals surface area contributed by atoms with Crippen molar-refractivity contribution in [1.29, 1.82) is 0 Å². The second-order valence-electron chi connectivity index (χ2n) is 1.77. The van der Waals surface area contributed by atoms with E-state index in [4.69, 9.17) is 10.9 Å². The summed E-state index contributed by atoms with van der Waals surface area (Å²) in [6.45, 7) is 2.99. The van der Waals surface area contributed by atoms with E-state index in [0.29, 0.717) is 13.1 Å². The molecule has 0 rings (SSSR count). The Labute approximate surface area is 54.2 Å². The molecule has 0 radical (unpaired) electrons. The van der Waals surface area contributed by atoms with Crippen molar-refractivity contribution in [2.45, 2.75) is 13.3 Å². The van der Waals surface area contributed by atoms with Gasteiger partial charge in [0, 0.05) is 13.1 Å². The molecule has 0 fully saturated rings. The number of nitrogens with zero attached hydrogens (tertiary/aromatic N) is 1. The Morgan fingerprint density at radius 1 is 1.78 bits per heavy atom. The number of carboxylic acids is 1. The third-order valence-corrected chi connectivity index (χ3v) is 1.02. The standard InChI is InChI=1S/C5H12N2O2/c1-2-7(6)4-3-5(8)9/h2-4,6H2,1H3,(H,8,9). The van der Waals surface area contributed by atoms with E-state index in [9.17, 15) is 4.79 Å². The molecular weight excluding hydrogens is 120 g/mol. The van der Waals surface area contributed by atoms with Gasteiger partial charge in [-0.1, -0.05) is 6.92 Å². The Bertz CT molecular complexity index is 95.0. The van der Waals surface area contributed by atoms with Crippen molar-refractivity contribution < 1.29 is 9.90 Å². The first-order valence-electron chi connectivity index (χ1n) is 2.88. The minimum atomic E-state index is -0.807. The molecule has 0 aliphatic rings. The van der Waals surface area contributed by atoms with Gasteiger partial charge in [-0.2, -0.15) is 0 Å². The zero-order valence-corrected chi connectivity index (χ0v) is 5.50. The fourth-order valence-electron chi connectivity index (χ4n) is 0.397. The molecule has 0 amide bonds. The normalized spacial score (nSPS) is 10.1. The lowest BCUT2D eigenvalue weighted by Gasteiger charge is -2.10. The average molecular weight is 132 g/mol. The Morgan fingerprint density at radius 3 is 2.67 bits per heavy atom. The summed E-state index contributed by atoms with van der Waals surface area (Å²) in [6, 6.07) is 0. The number of carbonyl (C=O) groups is 1. The van der Waals surface area contributed by atoms with Gasteiger partial charge in [0.2, 0.25) is 0 Å². The first-order valence-corrected chi connectivity index (χ1v) is 2.88. The van der Waals surface area contributed by atoms with E-state index >= 15 is 0 Å². The summed E-state index contributed by atoms with van der Waals surface area (Å²) in [5, 5.41) is 9.64. The summed E-state index contributed by atoms with van der Waals surface area (Å²) < 4.78 is 0. The maximum absolute atomic E-state index is 9.94. The van der Waals surface area contributed by atoms with Crippen molar-refractivity contribution in [3.05, 3.63) is 0 Å².